The maximum absolute atomic E-state index is 11.7. The minimum absolute atomic E-state index is 0.0814. The summed E-state index contributed by atoms with van der Waals surface area (Å²) in [6.07, 6.45) is 1.28. The van der Waals surface area contributed by atoms with Crippen LogP contribution in [0.15, 0.2) is 18.3 Å². The molecule has 0 unspecified atom stereocenters. The van der Waals surface area contributed by atoms with Crippen molar-refractivity contribution < 1.29 is 14.7 Å². The number of carbonyl (C=O) groups excluding carboxylic acids is 1. The van der Waals surface area contributed by atoms with E-state index in [9.17, 15) is 9.59 Å². The average Bonchev–Trinajstić information content (AvgIpc) is 2.68. The van der Waals surface area contributed by atoms with E-state index in [0.717, 1.165) is 10.6 Å². The molecule has 0 saturated heterocycles. The van der Waals surface area contributed by atoms with Crippen molar-refractivity contribution in [1.82, 2.24) is 9.97 Å². The molecule has 0 saturated carbocycles. The van der Waals surface area contributed by atoms with Gasteiger partial charge in [0.05, 0.1) is 17.6 Å². The Hall–Kier alpha value is -2.48. The van der Waals surface area contributed by atoms with E-state index >= 15 is 0 Å². The second kappa shape index (κ2) is 5.66. The van der Waals surface area contributed by atoms with Gasteiger partial charge >= 0.3 is 12.0 Å². The fourth-order valence-electron chi connectivity index (χ4n) is 1.38. The molecule has 8 heteroatoms. The molecule has 2 rings (SSSR count). The van der Waals surface area contributed by atoms with Gasteiger partial charge in [-0.15, -0.1) is 11.3 Å². The lowest BCUT2D eigenvalue weighted by atomic mass is 10.3. The molecule has 20 heavy (non-hydrogen) atoms. The predicted molar refractivity (Wildman–Crippen MR) is 75.4 cm³/mol. The molecule has 2 aromatic heterocycles. The first kappa shape index (κ1) is 13.9. The minimum atomic E-state index is -1.12. The monoisotopic (exact) mass is 292 g/mol. The zero-order chi connectivity index (χ0) is 14.7. The third-order valence-corrected chi connectivity index (χ3v) is 3.48. The number of thiazole rings is 1. The van der Waals surface area contributed by atoms with Gasteiger partial charge in [0.2, 0.25) is 0 Å². The average molecular weight is 292 g/mol. The number of nitrogens with zero attached hydrogens (tertiary/aromatic N) is 2. The van der Waals surface area contributed by atoms with Crippen molar-refractivity contribution in [3.63, 3.8) is 0 Å². The number of amides is 2. The molecule has 0 fully saturated rings. The molecule has 0 spiro atoms. The van der Waals surface area contributed by atoms with Crippen molar-refractivity contribution in [2.75, 3.05) is 10.6 Å². The third kappa shape index (κ3) is 3.29. The Morgan fingerprint density at radius 2 is 2.00 bits per heavy atom. The smallest absolute Gasteiger partial charge is 0.354 e. The largest absolute Gasteiger partial charge is 0.477 e. The summed E-state index contributed by atoms with van der Waals surface area (Å²) in [7, 11) is 0. The lowest BCUT2D eigenvalue weighted by Gasteiger charge is -2.04. The van der Waals surface area contributed by atoms with Crippen molar-refractivity contribution in [1.29, 1.82) is 0 Å². The molecule has 2 heterocycles. The van der Waals surface area contributed by atoms with Crippen LogP contribution in [0, 0.1) is 13.8 Å². The second-order valence-corrected chi connectivity index (χ2v) is 5.18. The van der Waals surface area contributed by atoms with Crippen LogP contribution in [-0.2, 0) is 0 Å². The number of urea groups is 1. The molecule has 0 atom stereocenters. The summed E-state index contributed by atoms with van der Waals surface area (Å²) in [4.78, 5) is 31.3. The zero-order valence-corrected chi connectivity index (χ0v) is 11.6. The molecule has 0 bridgehead atoms. The van der Waals surface area contributed by atoms with Crippen molar-refractivity contribution in [3.05, 3.63) is 34.6 Å². The first-order valence-corrected chi connectivity index (χ1v) is 6.48. The normalized spacial score (nSPS) is 10.1. The summed E-state index contributed by atoms with van der Waals surface area (Å²) in [5, 5.41) is 14.4. The number of pyridine rings is 1. The number of carbonyl (C=O) groups is 2. The van der Waals surface area contributed by atoms with Gasteiger partial charge in [0, 0.05) is 4.88 Å². The Bertz CT molecular complexity index is 632. The van der Waals surface area contributed by atoms with E-state index in [1.54, 1.807) is 0 Å². The number of aromatic nitrogens is 2. The fourth-order valence-corrected chi connectivity index (χ4v) is 2.19. The molecule has 0 aromatic carbocycles. The van der Waals surface area contributed by atoms with Gasteiger partial charge in [-0.1, -0.05) is 0 Å². The highest BCUT2D eigenvalue weighted by molar-refractivity contribution is 7.15. The van der Waals surface area contributed by atoms with Crippen molar-refractivity contribution in [3.8, 4) is 0 Å². The van der Waals surface area contributed by atoms with Crippen LogP contribution in [0.5, 0.6) is 0 Å². The summed E-state index contributed by atoms with van der Waals surface area (Å²) >= 11 is 1.38. The number of rotatable bonds is 3. The van der Waals surface area contributed by atoms with Crippen molar-refractivity contribution in [2.45, 2.75) is 13.8 Å². The lowest BCUT2D eigenvalue weighted by Crippen LogP contribution is -2.19. The fraction of sp³-hybridized carbons (Fsp3) is 0.167. The second-order valence-electron chi connectivity index (χ2n) is 3.98. The van der Waals surface area contributed by atoms with E-state index in [4.69, 9.17) is 5.11 Å². The summed E-state index contributed by atoms with van der Waals surface area (Å²) in [5.74, 6) is -1.12. The number of aromatic carboxylic acids is 1. The van der Waals surface area contributed by atoms with Crippen LogP contribution in [0.3, 0.4) is 0 Å². The van der Waals surface area contributed by atoms with Crippen LogP contribution in [-0.4, -0.2) is 27.1 Å². The highest BCUT2D eigenvalue weighted by Crippen LogP contribution is 2.21. The Kier molecular flexibility index (Phi) is 3.94. The number of carboxylic acids is 1. The first-order chi connectivity index (χ1) is 9.45. The van der Waals surface area contributed by atoms with Gasteiger partial charge in [-0.05, 0) is 26.0 Å². The first-order valence-electron chi connectivity index (χ1n) is 5.67. The van der Waals surface area contributed by atoms with E-state index in [2.05, 4.69) is 20.6 Å². The number of hydrogen-bond donors (Lipinski definition) is 3. The maximum atomic E-state index is 11.7. The molecule has 3 N–H and O–H groups in total. The SMILES string of the molecule is Cc1nc(NC(=O)Nc2ccc(C(=O)O)nc2)sc1C. The molecule has 0 radical (unpaired) electrons. The highest BCUT2D eigenvalue weighted by Gasteiger charge is 2.09. The van der Waals surface area contributed by atoms with Crippen LogP contribution in [0.25, 0.3) is 0 Å². The molecular formula is C12H12N4O3S. The Balaban J connectivity index is 1.99. The quantitative estimate of drug-likeness (QED) is 0.806. The van der Waals surface area contributed by atoms with E-state index in [0.29, 0.717) is 10.8 Å². The standard InChI is InChI=1S/C12H12N4O3S/c1-6-7(2)20-12(14-6)16-11(19)15-8-3-4-9(10(17)18)13-5-8/h3-5H,1-2H3,(H,17,18)(H2,14,15,16,19). The molecule has 0 aliphatic carbocycles. The van der Waals surface area contributed by atoms with E-state index in [1.807, 2.05) is 13.8 Å². The number of carboxylic acid groups (broad SMARTS) is 1. The molecule has 2 aromatic rings. The van der Waals surface area contributed by atoms with Crippen molar-refractivity contribution in [2.24, 2.45) is 0 Å². The number of nitrogens with one attached hydrogen (secondary N) is 2. The topological polar surface area (TPSA) is 104 Å². The summed E-state index contributed by atoms with van der Waals surface area (Å²) < 4.78 is 0. The minimum Gasteiger partial charge on any atom is -0.477 e. The number of hydrogen-bond acceptors (Lipinski definition) is 5. The van der Waals surface area contributed by atoms with E-state index in [-0.39, 0.29) is 5.69 Å². The van der Waals surface area contributed by atoms with Crippen LogP contribution in [0.1, 0.15) is 21.1 Å². The Morgan fingerprint density at radius 1 is 1.25 bits per heavy atom. The van der Waals surface area contributed by atoms with Crippen LogP contribution >= 0.6 is 11.3 Å². The third-order valence-electron chi connectivity index (χ3n) is 2.49. The molecule has 104 valence electrons. The van der Waals surface area contributed by atoms with Crippen LogP contribution in [0.4, 0.5) is 15.6 Å². The van der Waals surface area contributed by atoms with Gasteiger partial charge in [-0.2, -0.15) is 0 Å². The van der Waals surface area contributed by atoms with Gasteiger partial charge in [-0.3, -0.25) is 5.32 Å². The molecular weight excluding hydrogens is 280 g/mol. The Morgan fingerprint density at radius 3 is 2.50 bits per heavy atom. The van der Waals surface area contributed by atoms with E-state index < -0.39 is 12.0 Å². The van der Waals surface area contributed by atoms with Crippen LogP contribution in [0.2, 0.25) is 0 Å². The van der Waals surface area contributed by atoms with Gasteiger partial charge in [0.1, 0.15) is 5.69 Å². The highest BCUT2D eigenvalue weighted by atomic mass is 32.1. The van der Waals surface area contributed by atoms with Crippen LogP contribution < -0.4 is 10.6 Å². The lowest BCUT2D eigenvalue weighted by molar-refractivity contribution is 0.0690. The Labute approximate surface area is 118 Å². The maximum Gasteiger partial charge on any atom is 0.354 e. The molecule has 7 nitrogen and oxygen atoms in total. The van der Waals surface area contributed by atoms with Gasteiger partial charge in [0.25, 0.3) is 0 Å². The number of anilines is 2. The zero-order valence-electron chi connectivity index (χ0n) is 10.8. The van der Waals surface area contributed by atoms with Gasteiger partial charge < -0.3 is 10.4 Å². The van der Waals surface area contributed by atoms with Gasteiger partial charge in [-0.25, -0.2) is 19.6 Å². The molecule has 0 aliphatic heterocycles. The molecule has 2 amide bonds. The summed E-state index contributed by atoms with van der Waals surface area (Å²) in [6.45, 7) is 3.79. The number of aryl methyl sites for hydroxylation is 2. The molecule has 0 aliphatic rings. The van der Waals surface area contributed by atoms with Gasteiger partial charge in [0.15, 0.2) is 5.13 Å². The summed E-state index contributed by atoms with van der Waals surface area (Å²) in [5.41, 5.74) is 1.19. The van der Waals surface area contributed by atoms with Crippen molar-refractivity contribution >= 4 is 34.2 Å². The van der Waals surface area contributed by atoms with E-state index in [1.165, 1.54) is 29.7 Å². The predicted octanol–water partition coefficient (Wildman–Crippen LogP) is 2.50. The summed E-state index contributed by atoms with van der Waals surface area (Å²) in [6, 6.07) is 2.33.